The number of anilines is 2. The summed E-state index contributed by atoms with van der Waals surface area (Å²) in [5.41, 5.74) is 4.79. The molecule has 0 saturated heterocycles. The van der Waals surface area contributed by atoms with E-state index in [1.54, 1.807) is 6.20 Å². The minimum atomic E-state index is 0.357. The van der Waals surface area contributed by atoms with Gasteiger partial charge in [-0.1, -0.05) is 17.2 Å². The SMILES string of the molecule is Cc1cccc(-c2nc3ccccn3c2-c2ccnc(Nc3nnn[nH]3)n2)n1. The van der Waals surface area contributed by atoms with Crippen LogP contribution in [0.4, 0.5) is 11.9 Å². The first-order chi connectivity index (χ1) is 13.8. The Kier molecular flexibility index (Phi) is 3.72. The average Bonchev–Trinajstić information content (AvgIpc) is 3.35. The topological polar surface area (TPSA) is 122 Å². The molecular weight excluding hydrogens is 356 g/mol. The van der Waals surface area contributed by atoms with Crippen LogP contribution in [0.1, 0.15) is 5.69 Å². The lowest BCUT2D eigenvalue weighted by molar-refractivity contribution is 0.881. The average molecular weight is 370 g/mol. The fourth-order valence-electron chi connectivity index (χ4n) is 2.96. The van der Waals surface area contributed by atoms with E-state index in [4.69, 9.17) is 4.98 Å². The first kappa shape index (κ1) is 16.0. The zero-order valence-corrected chi connectivity index (χ0v) is 14.8. The lowest BCUT2D eigenvalue weighted by Gasteiger charge is -2.07. The molecule has 0 aliphatic rings. The highest BCUT2D eigenvalue weighted by molar-refractivity contribution is 5.79. The van der Waals surface area contributed by atoms with E-state index in [0.29, 0.717) is 17.6 Å². The van der Waals surface area contributed by atoms with Gasteiger partial charge in [-0.2, -0.15) is 0 Å². The molecule has 0 aromatic carbocycles. The zero-order valence-electron chi connectivity index (χ0n) is 14.8. The van der Waals surface area contributed by atoms with Gasteiger partial charge in [0.05, 0.1) is 11.4 Å². The Bertz CT molecular complexity index is 1260. The number of H-pyrrole nitrogens is 1. The highest BCUT2D eigenvalue weighted by atomic mass is 15.5. The highest BCUT2D eigenvalue weighted by Gasteiger charge is 2.18. The highest BCUT2D eigenvalue weighted by Crippen LogP contribution is 2.31. The monoisotopic (exact) mass is 370 g/mol. The van der Waals surface area contributed by atoms with Gasteiger partial charge in [0.25, 0.3) is 0 Å². The van der Waals surface area contributed by atoms with E-state index < -0.39 is 0 Å². The van der Waals surface area contributed by atoms with E-state index in [9.17, 15) is 0 Å². The second-order valence-electron chi connectivity index (χ2n) is 6.04. The van der Waals surface area contributed by atoms with Crippen molar-refractivity contribution in [3.8, 4) is 22.8 Å². The number of aryl methyl sites for hydroxylation is 1. The standard InChI is InChI=1S/C18H14N10/c1-11-5-4-6-12(20-11)15-16(28-10-3-2-7-14(28)22-15)13-8-9-19-17(21-13)23-18-24-26-27-25-18/h2-10H,1H3,(H2,19,21,23,24,25,26,27). The van der Waals surface area contributed by atoms with E-state index in [1.165, 1.54) is 0 Å². The molecule has 10 heteroatoms. The van der Waals surface area contributed by atoms with Crippen molar-refractivity contribution in [3.63, 3.8) is 0 Å². The maximum Gasteiger partial charge on any atom is 0.247 e. The number of hydrogen-bond acceptors (Lipinski definition) is 8. The summed E-state index contributed by atoms with van der Waals surface area (Å²) in [5, 5.41) is 16.4. The van der Waals surface area contributed by atoms with Crippen LogP contribution in [0.2, 0.25) is 0 Å². The number of pyridine rings is 2. The molecule has 0 atom stereocenters. The molecule has 5 heterocycles. The van der Waals surface area contributed by atoms with Crippen LogP contribution < -0.4 is 5.32 Å². The minimum absolute atomic E-state index is 0.357. The van der Waals surface area contributed by atoms with Crippen LogP contribution >= 0.6 is 0 Å². The molecule has 136 valence electrons. The molecule has 0 radical (unpaired) electrons. The van der Waals surface area contributed by atoms with Crippen LogP contribution in [-0.2, 0) is 0 Å². The van der Waals surface area contributed by atoms with Crippen LogP contribution in [0.25, 0.3) is 28.4 Å². The van der Waals surface area contributed by atoms with Crippen LogP contribution in [0.15, 0.2) is 54.9 Å². The van der Waals surface area contributed by atoms with Gasteiger partial charge >= 0.3 is 0 Å². The Morgan fingerprint density at radius 2 is 1.93 bits per heavy atom. The molecule has 0 unspecified atom stereocenters. The molecule has 28 heavy (non-hydrogen) atoms. The summed E-state index contributed by atoms with van der Waals surface area (Å²) in [5.74, 6) is 0.723. The van der Waals surface area contributed by atoms with Crippen LogP contribution in [0, 0.1) is 6.92 Å². The molecule has 0 saturated carbocycles. The van der Waals surface area contributed by atoms with Crippen molar-refractivity contribution < 1.29 is 0 Å². The summed E-state index contributed by atoms with van der Waals surface area (Å²) in [6.45, 7) is 1.96. The fourth-order valence-corrected chi connectivity index (χ4v) is 2.96. The van der Waals surface area contributed by atoms with Crippen molar-refractivity contribution in [2.75, 3.05) is 5.32 Å². The summed E-state index contributed by atoms with van der Waals surface area (Å²) in [6, 6.07) is 13.5. The first-order valence-corrected chi connectivity index (χ1v) is 8.53. The number of rotatable bonds is 4. The summed E-state index contributed by atoms with van der Waals surface area (Å²) in [4.78, 5) is 18.3. The number of nitrogens with zero attached hydrogens (tertiary/aromatic N) is 8. The van der Waals surface area contributed by atoms with Gasteiger partial charge in [-0.15, -0.1) is 0 Å². The number of tetrazole rings is 1. The summed E-state index contributed by atoms with van der Waals surface area (Å²) < 4.78 is 1.99. The summed E-state index contributed by atoms with van der Waals surface area (Å²) >= 11 is 0. The quantitative estimate of drug-likeness (QED) is 0.494. The van der Waals surface area contributed by atoms with E-state index in [2.05, 4.69) is 40.9 Å². The largest absolute Gasteiger partial charge is 0.298 e. The first-order valence-electron chi connectivity index (χ1n) is 8.53. The third kappa shape index (κ3) is 2.82. The predicted molar refractivity (Wildman–Crippen MR) is 102 cm³/mol. The van der Waals surface area contributed by atoms with Crippen molar-refractivity contribution in [2.45, 2.75) is 6.92 Å². The van der Waals surface area contributed by atoms with Crippen molar-refractivity contribution >= 4 is 17.5 Å². The number of fused-ring (bicyclic) bond motifs is 1. The smallest absolute Gasteiger partial charge is 0.247 e. The molecule has 0 spiro atoms. The molecule has 5 aromatic heterocycles. The Hall–Kier alpha value is -4.21. The number of hydrogen-bond donors (Lipinski definition) is 2. The van der Waals surface area contributed by atoms with Gasteiger partial charge in [-0.25, -0.2) is 20.1 Å². The van der Waals surface area contributed by atoms with Crippen molar-refractivity contribution in [3.05, 3.63) is 60.6 Å². The molecule has 0 aliphatic heterocycles. The van der Waals surface area contributed by atoms with E-state index in [-0.39, 0.29) is 0 Å². The second kappa shape index (κ2) is 6.50. The number of imidazole rings is 1. The van der Waals surface area contributed by atoms with Crippen LogP contribution in [0.5, 0.6) is 0 Å². The number of aromatic amines is 1. The Labute approximate surface area is 158 Å². The van der Waals surface area contributed by atoms with Gasteiger partial charge in [0.15, 0.2) is 0 Å². The third-order valence-corrected chi connectivity index (χ3v) is 4.13. The Morgan fingerprint density at radius 1 is 0.964 bits per heavy atom. The van der Waals surface area contributed by atoms with Gasteiger partial charge in [0, 0.05) is 18.1 Å². The summed E-state index contributed by atoms with van der Waals surface area (Å²) in [7, 11) is 0. The normalized spacial score (nSPS) is 11.0. The van der Waals surface area contributed by atoms with Crippen LogP contribution in [-0.4, -0.2) is 45.0 Å². The molecule has 5 aromatic rings. The van der Waals surface area contributed by atoms with Gasteiger partial charge in [-0.3, -0.25) is 14.7 Å². The molecular formula is C18H14N10. The van der Waals surface area contributed by atoms with Gasteiger partial charge in [0.2, 0.25) is 11.9 Å². The summed E-state index contributed by atoms with van der Waals surface area (Å²) in [6.07, 6.45) is 3.62. The maximum absolute atomic E-state index is 4.79. The molecule has 0 fully saturated rings. The van der Waals surface area contributed by atoms with Gasteiger partial charge < -0.3 is 0 Å². The second-order valence-corrected chi connectivity index (χ2v) is 6.04. The molecule has 2 N–H and O–H groups in total. The Balaban J connectivity index is 1.69. The molecule has 5 rings (SSSR count). The molecule has 0 bridgehead atoms. The lowest BCUT2D eigenvalue weighted by Crippen LogP contribution is -2.01. The molecule has 0 amide bonds. The Morgan fingerprint density at radius 3 is 2.79 bits per heavy atom. The third-order valence-electron chi connectivity index (χ3n) is 4.13. The van der Waals surface area contributed by atoms with E-state index >= 15 is 0 Å². The maximum atomic E-state index is 4.79. The van der Waals surface area contributed by atoms with Gasteiger partial charge in [0.1, 0.15) is 17.0 Å². The van der Waals surface area contributed by atoms with Crippen molar-refractivity contribution in [2.24, 2.45) is 0 Å². The van der Waals surface area contributed by atoms with Crippen molar-refractivity contribution in [1.29, 1.82) is 0 Å². The lowest BCUT2D eigenvalue weighted by atomic mass is 10.1. The van der Waals surface area contributed by atoms with Crippen molar-refractivity contribution in [1.82, 2.24) is 45.0 Å². The zero-order chi connectivity index (χ0) is 18.9. The molecule has 0 aliphatic carbocycles. The van der Waals surface area contributed by atoms with E-state index in [0.717, 1.165) is 28.4 Å². The fraction of sp³-hybridized carbons (Fsp3) is 0.0556. The number of aromatic nitrogens is 9. The van der Waals surface area contributed by atoms with Crippen LogP contribution in [0.3, 0.4) is 0 Å². The van der Waals surface area contributed by atoms with Gasteiger partial charge in [-0.05, 0) is 47.7 Å². The number of nitrogens with one attached hydrogen (secondary N) is 2. The predicted octanol–water partition coefficient (Wildman–Crippen LogP) is 2.42. The molecule has 10 nitrogen and oxygen atoms in total. The van der Waals surface area contributed by atoms with E-state index in [1.807, 2.05) is 60.0 Å². The minimum Gasteiger partial charge on any atom is -0.298 e.